The summed E-state index contributed by atoms with van der Waals surface area (Å²) in [6.07, 6.45) is 0.738. The molecule has 0 radical (unpaired) electrons. The maximum absolute atomic E-state index is 12.8. The maximum Gasteiger partial charge on any atom is 0.295 e. The summed E-state index contributed by atoms with van der Waals surface area (Å²) in [4.78, 5) is 29.2. The molecule has 1 saturated heterocycles. The van der Waals surface area contributed by atoms with E-state index in [0.29, 0.717) is 12.1 Å². The second-order valence-corrected chi connectivity index (χ2v) is 7.98. The van der Waals surface area contributed by atoms with Crippen LogP contribution < -0.4 is 0 Å². The Kier molecular flexibility index (Phi) is 6.31. The number of rotatable bonds is 6. The number of Topliss-reactive ketones (excluding diaryl/α,β-unsaturated/α-hetero) is 1. The van der Waals surface area contributed by atoms with Gasteiger partial charge >= 0.3 is 0 Å². The van der Waals surface area contributed by atoms with Crippen LogP contribution in [0.2, 0.25) is 0 Å². The monoisotopic (exact) mass is 442 g/mol. The van der Waals surface area contributed by atoms with E-state index in [1.54, 1.807) is 29.2 Å². The van der Waals surface area contributed by atoms with Crippen molar-refractivity contribution in [2.24, 2.45) is 0 Å². The van der Waals surface area contributed by atoms with Gasteiger partial charge in [-0.2, -0.15) is 0 Å². The number of likely N-dealkylation sites (tertiary alicyclic amines) is 1. The van der Waals surface area contributed by atoms with Gasteiger partial charge in [0.1, 0.15) is 5.76 Å². The fourth-order valence-corrected chi connectivity index (χ4v) is 3.68. The van der Waals surface area contributed by atoms with E-state index in [2.05, 4.69) is 15.9 Å². The molecule has 0 spiro atoms. The Bertz CT molecular complexity index is 892. The van der Waals surface area contributed by atoms with Crippen LogP contribution in [-0.2, 0) is 9.59 Å². The second kappa shape index (κ2) is 8.71. The van der Waals surface area contributed by atoms with Crippen molar-refractivity contribution in [3.8, 4) is 0 Å². The molecule has 2 aromatic rings. The zero-order chi connectivity index (χ0) is 20.3. The standard InChI is InChI=1S/C22H23BrN2O3/c1-24(2)13-6-14-25-19(15-7-4-3-5-8-15)18(21(27)22(25)28)20(26)16-9-11-17(23)12-10-16/h3-5,7-12,19,26H,6,13-14H2,1-2H3/b20-18-. The first-order valence-corrected chi connectivity index (χ1v) is 9.93. The molecule has 1 unspecified atom stereocenters. The Balaban J connectivity index is 2.06. The van der Waals surface area contributed by atoms with Gasteiger partial charge in [0.05, 0.1) is 11.6 Å². The molecule has 2 aromatic carbocycles. The summed E-state index contributed by atoms with van der Waals surface area (Å²) in [6.45, 7) is 1.25. The van der Waals surface area contributed by atoms with Gasteiger partial charge in [-0.25, -0.2) is 0 Å². The first kappa shape index (κ1) is 20.3. The Labute approximate surface area is 173 Å². The van der Waals surface area contributed by atoms with Crippen molar-refractivity contribution in [1.29, 1.82) is 0 Å². The average Bonchev–Trinajstić information content (AvgIpc) is 2.93. The van der Waals surface area contributed by atoms with Gasteiger partial charge in [0.25, 0.3) is 11.7 Å². The van der Waals surface area contributed by atoms with Crippen molar-refractivity contribution in [2.45, 2.75) is 12.5 Å². The van der Waals surface area contributed by atoms with Crippen molar-refractivity contribution in [1.82, 2.24) is 9.80 Å². The first-order chi connectivity index (χ1) is 13.4. The number of hydrogen-bond acceptors (Lipinski definition) is 4. The van der Waals surface area contributed by atoms with Crippen LogP contribution >= 0.6 is 15.9 Å². The quantitative estimate of drug-likeness (QED) is 0.419. The SMILES string of the molecule is CN(C)CCCN1C(=O)C(=O)/C(=C(\O)c2ccc(Br)cc2)C1c1ccccc1. The molecular weight excluding hydrogens is 420 g/mol. The van der Waals surface area contributed by atoms with Crippen LogP contribution in [0.1, 0.15) is 23.6 Å². The summed E-state index contributed by atoms with van der Waals surface area (Å²) in [7, 11) is 3.94. The van der Waals surface area contributed by atoms with E-state index < -0.39 is 17.7 Å². The average molecular weight is 443 g/mol. The van der Waals surface area contributed by atoms with Gasteiger partial charge < -0.3 is 14.9 Å². The molecular formula is C22H23BrN2O3. The minimum Gasteiger partial charge on any atom is -0.507 e. The smallest absolute Gasteiger partial charge is 0.295 e. The van der Waals surface area contributed by atoms with Crippen molar-refractivity contribution < 1.29 is 14.7 Å². The zero-order valence-corrected chi connectivity index (χ0v) is 17.5. The van der Waals surface area contributed by atoms with E-state index in [1.807, 2.05) is 49.3 Å². The van der Waals surface area contributed by atoms with E-state index >= 15 is 0 Å². The lowest BCUT2D eigenvalue weighted by atomic mass is 9.95. The molecule has 0 saturated carbocycles. The highest BCUT2D eigenvalue weighted by Gasteiger charge is 2.45. The Hall–Kier alpha value is -2.44. The van der Waals surface area contributed by atoms with Gasteiger partial charge in [0.2, 0.25) is 0 Å². The molecule has 0 aromatic heterocycles. The summed E-state index contributed by atoms with van der Waals surface area (Å²) < 4.78 is 0.868. The Morgan fingerprint density at radius 3 is 2.32 bits per heavy atom. The largest absolute Gasteiger partial charge is 0.507 e. The van der Waals surface area contributed by atoms with Crippen LogP contribution in [0.4, 0.5) is 0 Å². The third-order valence-corrected chi connectivity index (χ3v) is 5.31. The van der Waals surface area contributed by atoms with E-state index in [4.69, 9.17) is 0 Å². The lowest BCUT2D eigenvalue weighted by Crippen LogP contribution is -2.32. The summed E-state index contributed by atoms with van der Waals surface area (Å²) in [6, 6.07) is 15.8. The van der Waals surface area contributed by atoms with E-state index in [1.165, 1.54) is 0 Å². The van der Waals surface area contributed by atoms with Crippen molar-refractivity contribution in [2.75, 3.05) is 27.2 Å². The molecule has 1 N–H and O–H groups in total. The number of nitrogens with zero attached hydrogens (tertiary/aromatic N) is 2. The summed E-state index contributed by atoms with van der Waals surface area (Å²) in [5.41, 5.74) is 1.46. The maximum atomic E-state index is 12.8. The first-order valence-electron chi connectivity index (χ1n) is 9.14. The molecule has 3 rings (SSSR count). The number of hydrogen-bond donors (Lipinski definition) is 1. The molecule has 0 aliphatic carbocycles. The molecule has 1 fully saturated rings. The number of aliphatic hydroxyl groups excluding tert-OH is 1. The van der Waals surface area contributed by atoms with Gasteiger partial charge in [-0.1, -0.05) is 58.4 Å². The molecule has 1 atom stereocenters. The molecule has 28 heavy (non-hydrogen) atoms. The summed E-state index contributed by atoms with van der Waals surface area (Å²) in [5.74, 6) is -1.35. The number of amides is 1. The van der Waals surface area contributed by atoms with Crippen molar-refractivity contribution in [3.63, 3.8) is 0 Å². The van der Waals surface area contributed by atoms with Gasteiger partial charge in [-0.05, 0) is 44.8 Å². The molecule has 5 nitrogen and oxygen atoms in total. The van der Waals surface area contributed by atoms with Crippen LogP contribution in [0.5, 0.6) is 0 Å². The minimum atomic E-state index is -0.640. The Morgan fingerprint density at radius 2 is 1.71 bits per heavy atom. The number of ketones is 1. The number of benzene rings is 2. The fraction of sp³-hybridized carbons (Fsp3) is 0.273. The molecule has 1 aliphatic rings. The number of carbonyl (C=O) groups is 2. The highest BCUT2D eigenvalue weighted by Crippen LogP contribution is 2.39. The number of carbonyl (C=O) groups excluding carboxylic acids is 2. The second-order valence-electron chi connectivity index (χ2n) is 7.07. The van der Waals surface area contributed by atoms with Crippen LogP contribution in [0.25, 0.3) is 5.76 Å². The van der Waals surface area contributed by atoms with E-state index in [0.717, 1.165) is 23.0 Å². The highest BCUT2D eigenvalue weighted by molar-refractivity contribution is 9.10. The molecule has 0 bridgehead atoms. The molecule has 6 heteroatoms. The predicted molar refractivity (Wildman–Crippen MR) is 113 cm³/mol. The van der Waals surface area contributed by atoms with Gasteiger partial charge in [-0.3, -0.25) is 9.59 Å². The molecule has 1 aliphatic heterocycles. The normalized spacial score (nSPS) is 18.9. The van der Waals surface area contributed by atoms with Crippen molar-refractivity contribution in [3.05, 3.63) is 75.8 Å². The predicted octanol–water partition coefficient (Wildman–Crippen LogP) is 3.82. The van der Waals surface area contributed by atoms with E-state index in [9.17, 15) is 14.7 Å². The highest BCUT2D eigenvalue weighted by atomic mass is 79.9. The fourth-order valence-electron chi connectivity index (χ4n) is 3.41. The van der Waals surface area contributed by atoms with Crippen molar-refractivity contribution >= 4 is 33.4 Å². The third kappa shape index (κ3) is 4.18. The molecule has 1 heterocycles. The van der Waals surface area contributed by atoms with Gasteiger partial charge in [0, 0.05) is 16.6 Å². The third-order valence-electron chi connectivity index (χ3n) is 4.78. The molecule has 146 valence electrons. The van der Waals surface area contributed by atoms with Gasteiger partial charge in [0.15, 0.2) is 0 Å². The number of aliphatic hydroxyl groups is 1. The van der Waals surface area contributed by atoms with Crippen LogP contribution in [0.15, 0.2) is 64.6 Å². The topological polar surface area (TPSA) is 60.9 Å². The number of halogens is 1. The lowest BCUT2D eigenvalue weighted by molar-refractivity contribution is -0.139. The van der Waals surface area contributed by atoms with Gasteiger partial charge in [-0.15, -0.1) is 0 Å². The van der Waals surface area contributed by atoms with Crippen LogP contribution in [0.3, 0.4) is 0 Å². The zero-order valence-electron chi connectivity index (χ0n) is 15.9. The minimum absolute atomic E-state index is 0.142. The lowest BCUT2D eigenvalue weighted by Gasteiger charge is -2.26. The van der Waals surface area contributed by atoms with E-state index in [-0.39, 0.29) is 11.3 Å². The summed E-state index contributed by atoms with van der Waals surface area (Å²) >= 11 is 3.37. The van der Waals surface area contributed by atoms with Crippen LogP contribution in [0, 0.1) is 0 Å². The van der Waals surface area contributed by atoms with Crippen LogP contribution in [-0.4, -0.2) is 53.8 Å². The Morgan fingerprint density at radius 1 is 1.07 bits per heavy atom. The molecule has 1 amide bonds. The summed E-state index contributed by atoms with van der Waals surface area (Å²) in [5, 5.41) is 10.9.